The van der Waals surface area contributed by atoms with Crippen molar-refractivity contribution >= 4 is 0 Å². The Hall–Kier alpha value is -0.110. The third kappa shape index (κ3) is 2.69. The zero-order chi connectivity index (χ0) is 9.97. The van der Waals surface area contributed by atoms with Crippen LogP contribution in [0.1, 0.15) is 51.9 Å². The molecule has 0 saturated heterocycles. The van der Waals surface area contributed by atoms with E-state index in [1.165, 1.54) is 25.7 Å². The first-order valence-electron chi connectivity index (χ1n) is 6.14. The molecule has 0 aromatic rings. The van der Waals surface area contributed by atoms with E-state index in [2.05, 4.69) is 12.2 Å². The van der Waals surface area contributed by atoms with Gasteiger partial charge in [0.05, 0.1) is 0 Å². The van der Waals surface area contributed by atoms with E-state index in [-0.39, 0.29) is 0 Å². The molecule has 2 saturated carbocycles. The highest BCUT2D eigenvalue weighted by Crippen LogP contribution is 2.27. The van der Waals surface area contributed by atoms with Crippen LogP contribution in [0.15, 0.2) is 0 Å². The van der Waals surface area contributed by atoms with Crippen LogP contribution in [0.2, 0.25) is 0 Å². The third-order valence-corrected chi connectivity index (χ3v) is 3.86. The second-order valence-corrected chi connectivity index (χ2v) is 5.23. The van der Waals surface area contributed by atoms with Crippen LogP contribution in [0.4, 0.5) is 4.39 Å². The summed E-state index contributed by atoms with van der Waals surface area (Å²) in [6.07, 6.45) is 7.35. The Morgan fingerprint density at radius 1 is 0.929 bits per heavy atom. The van der Waals surface area contributed by atoms with Crippen LogP contribution in [-0.2, 0) is 0 Å². The van der Waals surface area contributed by atoms with Gasteiger partial charge in [0, 0.05) is 12.1 Å². The Balaban J connectivity index is 1.70. The van der Waals surface area contributed by atoms with Crippen LogP contribution in [0, 0.1) is 5.92 Å². The summed E-state index contributed by atoms with van der Waals surface area (Å²) >= 11 is 0. The van der Waals surface area contributed by atoms with Gasteiger partial charge in [-0.2, -0.15) is 0 Å². The molecule has 2 aliphatic carbocycles. The van der Waals surface area contributed by atoms with E-state index in [1.807, 2.05) is 0 Å². The fourth-order valence-corrected chi connectivity index (χ4v) is 2.84. The zero-order valence-electron chi connectivity index (χ0n) is 9.14. The van der Waals surface area contributed by atoms with Gasteiger partial charge in [-0.1, -0.05) is 6.92 Å². The van der Waals surface area contributed by atoms with E-state index in [0.29, 0.717) is 12.1 Å². The molecule has 0 radical (unpaired) electrons. The predicted octanol–water partition coefficient (Wildman–Crippen LogP) is 3.05. The largest absolute Gasteiger partial charge is 0.311 e. The minimum Gasteiger partial charge on any atom is -0.311 e. The summed E-state index contributed by atoms with van der Waals surface area (Å²) in [6.45, 7) is 2.34. The lowest BCUT2D eigenvalue weighted by Gasteiger charge is -2.29. The van der Waals surface area contributed by atoms with Gasteiger partial charge in [-0.25, -0.2) is 4.39 Å². The van der Waals surface area contributed by atoms with Gasteiger partial charge in [0.2, 0.25) is 0 Å². The molecule has 14 heavy (non-hydrogen) atoms. The van der Waals surface area contributed by atoms with Crippen molar-refractivity contribution in [2.24, 2.45) is 5.92 Å². The summed E-state index contributed by atoms with van der Waals surface area (Å²) < 4.78 is 12.9. The molecule has 0 aliphatic heterocycles. The molecule has 82 valence electrons. The van der Waals surface area contributed by atoms with Gasteiger partial charge in [0.1, 0.15) is 6.17 Å². The maximum absolute atomic E-state index is 12.9. The maximum Gasteiger partial charge on any atom is 0.102 e. The highest BCUT2D eigenvalue weighted by Gasteiger charge is 2.27. The number of rotatable bonds is 2. The zero-order valence-corrected chi connectivity index (χ0v) is 9.14. The molecule has 2 fully saturated rings. The van der Waals surface area contributed by atoms with Gasteiger partial charge in [-0.15, -0.1) is 0 Å². The standard InChI is InChI=1S/C12H22FN/c1-9-2-5-11(6-3-9)14-12-7-4-10(13)8-12/h9-12,14H,2-8H2,1H3. The molecule has 1 N–H and O–H groups in total. The highest BCUT2D eigenvalue weighted by molar-refractivity contribution is 4.85. The van der Waals surface area contributed by atoms with Crippen molar-refractivity contribution < 1.29 is 4.39 Å². The SMILES string of the molecule is CC1CCC(NC2CCC(F)C2)CC1. The van der Waals surface area contributed by atoms with Gasteiger partial charge in [0.15, 0.2) is 0 Å². The van der Waals surface area contributed by atoms with Crippen LogP contribution in [0.3, 0.4) is 0 Å². The molecule has 2 aliphatic rings. The van der Waals surface area contributed by atoms with Crippen molar-refractivity contribution in [1.29, 1.82) is 0 Å². The second-order valence-electron chi connectivity index (χ2n) is 5.23. The third-order valence-electron chi connectivity index (χ3n) is 3.86. The van der Waals surface area contributed by atoms with Gasteiger partial charge < -0.3 is 5.32 Å². The Morgan fingerprint density at radius 3 is 2.14 bits per heavy atom. The van der Waals surface area contributed by atoms with Crippen molar-refractivity contribution in [3.05, 3.63) is 0 Å². The highest BCUT2D eigenvalue weighted by atomic mass is 19.1. The summed E-state index contributed by atoms with van der Waals surface area (Å²) in [5, 5.41) is 3.63. The van der Waals surface area contributed by atoms with Crippen molar-refractivity contribution in [2.75, 3.05) is 0 Å². The Morgan fingerprint density at radius 2 is 1.57 bits per heavy atom. The van der Waals surface area contributed by atoms with Crippen molar-refractivity contribution in [3.8, 4) is 0 Å². The Bertz CT molecular complexity index is 175. The van der Waals surface area contributed by atoms with E-state index in [1.54, 1.807) is 0 Å². The van der Waals surface area contributed by atoms with E-state index < -0.39 is 6.17 Å². The molecule has 0 bridgehead atoms. The van der Waals surface area contributed by atoms with E-state index in [9.17, 15) is 4.39 Å². The molecule has 0 spiro atoms. The van der Waals surface area contributed by atoms with E-state index >= 15 is 0 Å². The van der Waals surface area contributed by atoms with Crippen LogP contribution in [-0.4, -0.2) is 18.3 Å². The summed E-state index contributed by atoms with van der Waals surface area (Å²) in [5.41, 5.74) is 0. The van der Waals surface area contributed by atoms with E-state index in [4.69, 9.17) is 0 Å². The molecular weight excluding hydrogens is 177 g/mol. The molecule has 0 aromatic heterocycles. The lowest BCUT2D eigenvalue weighted by molar-refractivity contribution is 0.277. The molecule has 2 atom stereocenters. The lowest BCUT2D eigenvalue weighted by Crippen LogP contribution is -2.39. The normalized spacial score (nSPS) is 44.1. The minimum absolute atomic E-state index is 0.475. The fourth-order valence-electron chi connectivity index (χ4n) is 2.84. The van der Waals surface area contributed by atoms with Crippen LogP contribution in [0.25, 0.3) is 0 Å². The van der Waals surface area contributed by atoms with Crippen molar-refractivity contribution in [1.82, 2.24) is 5.32 Å². The number of nitrogens with one attached hydrogen (secondary N) is 1. The monoisotopic (exact) mass is 199 g/mol. The second kappa shape index (κ2) is 4.61. The van der Waals surface area contributed by atoms with Crippen molar-refractivity contribution in [3.63, 3.8) is 0 Å². The number of hydrogen-bond acceptors (Lipinski definition) is 1. The predicted molar refractivity (Wildman–Crippen MR) is 57.1 cm³/mol. The van der Waals surface area contributed by atoms with Crippen LogP contribution < -0.4 is 5.32 Å². The first-order chi connectivity index (χ1) is 6.74. The lowest BCUT2D eigenvalue weighted by atomic mass is 9.87. The van der Waals surface area contributed by atoms with Gasteiger partial charge in [0.25, 0.3) is 0 Å². The number of halogens is 1. The summed E-state index contributed by atoms with van der Waals surface area (Å²) in [5.74, 6) is 0.908. The van der Waals surface area contributed by atoms with Gasteiger partial charge in [-0.3, -0.25) is 0 Å². The first kappa shape index (κ1) is 10.4. The molecule has 1 nitrogen and oxygen atoms in total. The average molecular weight is 199 g/mol. The molecule has 0 heterocycles. The molecule has 0 aromatic carbocycles. The Kier molecular flexibility index (Phi) is 3.42. The fraction of sp³-hybridized carbons (Fsp3) is 1.00. The molecular formula is C12H22FN. The Labute approximate surface area is 86.5 Å². The number of hydrogen-bond donors (Lipinski definition) is 1. The van der Waals surface area contributed by atoms with Crippen LogP contribution in [0.5, 0.6) is 0 Å². The quantitative estimate of drug-likeness (QED) is 0.720. The molecule has 2 unspecified atom stereocenters. The number of alkyl halides is 1. The first-order valence-corrected chi connectivity index (χ1v) is 6.14. The smallest absolute Gasteiger partial charge is 0.102 e. The van der Waals surface area contributed by atoms with E-state index in [0.717, 1.165) is 25.2 Å². The summed E-state index contributed by atoms with van der Waals surface area (Å²) in [7, 11) is 0. The molecule has 0 amide bonds. The van der Waals surface area contributed by atoms with Crippen molar-refractivity contribution in [2.45, 2.75) is 70.1 Å². The average Bonchev–Trinajstić information content (AvgIpc) is 2.56. The van der Waals surface area contributed by atoms with Gasteiger partial charge in [-0.05, 0) is 50.9 Å². The minimum atomic E-state index is -0.532. The topological polar surface area (TPSA) is 12.0 Å². The summed E-state index contributed by atoms with van der Waals surface area (Å²) in [4.78, 5) is 0. The molecule has 2 rings (SSSR count). The maximum atomic E-state index is 12.9. The summed E-state index contributed by atoms with van der Waals surface area (Å²) in [6, 6.07) is 1.16. The van der Waals surface area contributed by atoms with Crippen LogP contribution >= 0.6 is 0 Å². The molecule has 2 heteroatoms. The van der Waals surface area contributed by atoms with Gasteiger partial charge >= 0.3 is 0 Å².